The van der Waals surface area contributed by atoms with Gasteiger partial charge in [0.05, 0.1) is 6.42 Å². The molecule has 114 valence electrons. The fourth-order valence-corrected chi connectivity index (χ4v) is 2.57. The van der Waals surface area contributed by atoms with Gasteiger partial charge < -0.3 is 20.8 Å². The number of carbonyl (C=O) groups excluding carboxylic acids is 1. The Morgan fingerprint density at radius 2 is 1.95 bits per heavy atom. The van der Waals surface area contributed by atoms with Crippen LogP contribution in [0, 0.1) is 11.8 Å². The molecule has 1 aliphatic rings. The van der Waals surface area contributed by atoms with E-state index >= 15 is 0 Å². The van der Waals surface area contributed by atoms with Gasteiger partial charge in [0.15, 0.2) is 0 Å². The highest BCUT2D eigenvalue weighted by Crippen LogP contribution is 2.27. The highest BCUT2D eigenvalue weighted by atomic mass is 16.4. The maximum atomic E-state index is 11.6. The molecule has 0 aliphatic heterocycles. The van der Waals surface area contributed by atoms with Crippen LogP contribution in [0.2, 0.25) is 0 Å². The molecule has 0 aromatic carbocycles. The summed E-state index contributed by atoms with van der Waals surface area (Å²) in [6.07, 6.45) is 3.83. The van der Waals surface area contributed by atoms with Crippen molar-refractivity contribution in [2.45, 2.75) is 45.1 Å². The van der Waals surface area contributed by atoms with Crippen molar-refractivity contribution in [3.63, 3.8) is 0 Å². The van der Waals surface area contributed by atoms with E-state index < -0.39 is 30.4 Å². The van der Waals surface area contributed by atoms with Crippen LogP contribution in [0.1, 0.15) is 39.0 Å². The van der Waals surface area contributed by atoms with Crippen molar-refractivity contribution in [1.82, 2.24) is 10.6 Å². The summed E-state index contributed by atoms with van der Waals surface area (Å²) in [5, 5.41) is 22.2. The van der Waals surface area contributed by atoms with Crippen LogP contribution in [0.15, 0.2) is 0 Å². The lowest BCUT2D eigenvalue weighted by molar-refractivity contribution is -0.145. The molecule has 1 fully saturated rings. The molecule has 1 saturated carbocycles. The van der Waals surface area contributed by atoms with Crippen molar-refractivity contribution in [2.75, 3.05) is 6.54 Å². The molecule has 20 heavy (non-hydrogen) atoms. The summed E-state index contributed by atoms with van der Waals surface area (Å²) in [5.74, 6) is -1.56. The van der Waals surface area contributed by atoms with Crippen LogP contribution in [0.3, 0.4) is 0 Å². The Kier molecular flexibility index (Phi) is 6.27. The summed E-state index contributed by atoms with van der Waals surface area (Å²) in [6, 6.07) is -2.03. The smallest absolute Gasteiger partial charge is 0.326 e. The van der Waals surface area contributed by atoms with E-state index in [0.717, 1.165) is 19.3 Å². The van der Waals surface area contributed by atoms with E-state index in [1.54, 1.807) is 0 Å². The SMILES string of the molecule is CC1CCCC(CNC(=O)N[C@H](CC(=O)O)C(=O)O)C1. The van der Waals surface area contributed by atoms with Gasteiger partial charge in [0.2, 0.25) is 0 Å². The van der Waals surface area contributed by atoms with Crippen molar-refractivity contribution >= 4 is 18.0 Å². The molecular formula is C13H22N2O5. The summed E-state index contributed by atoms with van der Waals surface area (Å²) in [7, 11) is 0. The molecule has 2 unspecified atom stereocenters. The fraction of sp³-hybridized carbons (Fsp3) is 0.769. The molecule has 1 rings (SSSR count). The highest BCUT2D eigenvalue weighted by molar-refractivity contribution is 5.86. The second-order valence-corrected chi connectivity index (χ2v) is 5.48. The van der Waals surface area contributed by atoms with Crippen LogP contribution in [0.5, 0.6) is 0 Å². The quantitative estimate of drug-likeness (QED) is 0.582. The van der Waals surface area contributed by atoms with Gasteiger partial charge in [0.1, 0.15) is 6.04 Å². The largest absolute Gasteiger partial charge is 0.481 e. The maximum absolute atomic E-state index is 11.6. The summed E-state index contributed by atoms with van der Waals surface area (Å²) in [6.45, 7) is 2.68. The molecule has 7 heteroatoms. The Morgan fingerprint density at radius 3 is 2.50 bits per heavy atom. The zero-order valence-electron chi connectivity index (χ0n) is 11.6. The molecule has 0 heterocycles. The van der Waals surface area contributed by atoms with Gasteiger partial charge in [-0.1, -0.05) is 19.8 Å². The van der Waals surface area contributed by atoms with E-state index in [1.165, 1.54) is 6.42 Å². The average molecular weight is 286 g/mol. The first-order chi connectivity index (χ1) is 9.38. The number of carboxylic acids is 2. The third-order valence-electron chi connectivity index (χ3n) is 3.58. The first kappa shape index (κ1) is 16.3. The maximum Gasteiger partial charge on any atom is 0.326 e. The minimum Gasteiger partial charge on any atom is -0.481 e. The van der Waals surface area contributed by atoms with Crippen LogP contribution >= 0.6 is 0 Å². The minimum absolute atomic E-state index is 0.409. The van der Waals surface area contributed by atoms with Gasteiger partial charge in [-0.3, -0.25) is 4.79 Å². The summed E-state index contributed by atoms with van der Waals surface area (Å²) in [4.78, 5) is 32.9. The Bertz CT molecular complexity index is 372. The average Bonchev–Trinajstić information content (AvgIpc) is 2.35. The number of urea groups is 1. The van der Waals surface area contributed by atoms with Gasteiger partial charge in [-0.05, 0) is 24.7 Å². The van der Waals surface area contributed by atoms with E-state index in [4.69, 9.17) is 10.2 Å². The Morgan fingerprint density at radius 1 is 1.25 bits per heavy atom. The molecule has 0 radical (unpaired) electrons. The van der Waals surface area contributed by atoms with Gasteiger partial charge in [-0.2, -0.15) is 0 Å². The monoisotopic (exact) mass is 286 g/mol. The lowest BCUT2D eigenvalue weighted by atomic mass is 9.82. The zero-order chi connectivity index (χ0) is 15.1. The number of rotatable bonds is 6. The molecule has 2 amide bonds. The molecule has 4 N–H and O–H groups in total. The highest BCUT2D eigenvalue weighted by Gasteiger charge is 2.24. The molecule has 7 nitrogen and oxygen atoms in total. The van der Waals surface area contributed by atoms with Gasteiger partial charge >= 0.3 is 18.0 Å². The summed E-state index contributed by atoms with van der Waals surface area (Å²) >= 11 is 0. The number of nitrogens with one attached hydrogen (secondary N) is 2. The summed E-state index contributed by atoms with van der Waals surface area (Å²) < 4.78 is 0. The van der Waals surface area contributed by atoms with Crippen molar-refractivity contribution in [2.24, 2.45) is 11.8 Å². The normalized spacial score (nSPS) is 23.6. The third-order valence-corrected chi connectivity index (χ3v) is 3.58. The molecule has 0 saturated heterocycles. The number of hydrogen-bond donors (Lipinski definition) is 4. The Balaban J connectivity index is 2.34. The predicted octanol–water partition coefficient (Wildman–Crippen LogP) is 1.04. The van der Waals surface area contributed by atoms with Crippen LogP contribution in [0.25, 0.3) is 0 Å². The number of aliphatic carboxylic acids is 2. The van der Waals surface area contributed by atoms with Crippen LogP contribution in [-0.4, -0.2) is 40.8 Å². The van der Waals surface area contributed by atoms with Crippen molar-refractivity contribution in [3.8, 4) is 0 Å². The molecule has 0 bridgehead atoms. The Labute approximate surface area is 117 Å². The molecule has 0 aromatic rings. The van der Waals surface area contributed by atoms with Crippen molar-refractivity contribution < 1.29 is 24.6 Å². The fourth-order valence-electron chi connectivity index (χ4n) is 2.57. The van der Waals surface area contributed by atoms with Crippen molar-refractivity contribution in [3.05, 3.63) is 0 Å². The lowest BCUT2D eigenvalue weighted by Gasteiger charge is -2.27. The number of carbonyl (C=O) groups is 3. The van der Waals surface area contributed by atoms with Crippen LogP contribution in [-0.2, 0) is 9.59 Å². The second-order valence-electron chi connectivity index (χ2n) is 5.48. The first-order valence-electron chi connectivity index (χ1n) is 6.87. The molecular weight excluding hydrogens is 264 g/mol. The zero-order valence-corrected chi connectivity index (χ0v) is 11.6. The van der Waals surface area contributed by atoms with E-state index in [1.807, 2.05) is 0 Å². The standard InChI is InChI=1S/C13H22N2O5/c1-8-3-2-4-9(5-8)7-14-13(20)15-10(12(18)19)6-11(16)17/h8-10H,2-7H2,1H3,(H,16,17)(H,18,19)(H2,14,15,20)/t8?,9?,10-/m1/s1. The van der Waals surface area contributed by atoms with E-state index in [2.05, 4.69) is 17.6 Å². The molecule has 0 aromatic heterocycles. The predicted molar refractivity (Wildman–Crippen MR) is 71.3 cm³/mol. The van der Waals surface area contributed by atoms with Crippen LogP contribution in [0.4, 0.5) is 4.79 Å². The van der Waals surface area contributed by atoms with Gasteiger partial charge in [-0.15, -0.1) is 0 Å². The van der Waals surface area contributed by atoms with E-state index in [9.17, 15) is 14.4 Å². The van der Waals surface area contributed by atoms with Gasteiger partial charge in [-0.25, -0.2) is 9.59 Å². The third kappa shape index (κ3) is 5.90. The van der Waals surface area contributed by atoms with Crippen LogP contribution < -0.4 is 10.6 Å². The van der Waals surface area contributed by atoms with Gasteiger partial charge in [0.25, 0.3) is 0 Å². The molecule has 1 aliphatic carbocycles. The topological polar surface area (TPSA) is 116 Å². The minimum atomic E-state index is -1.40. The summed E-state index contributed by atoms with van der Waals surface area (Å²) in [5.41, 5.74) is 0. The number of hydrogen-bond acceptors (Lipinski definition) is 3. The molecule has 3 atom stereocenters. The second kappa shape index (κ2) is 7.72. The first-order valence-corrected chi connectivity index (χ1v) is 6.87. The Hall–Kier alpha value is -1.79. The van der Waals surface area contributed by atoms with Gasteiger partial charge in [0, 0.05) is 6.54 Å². The van der Waals surface area contributed by atoms with E-state index in [-0.39, 0.29) is 0 Å². The van der Waals surface area contributed by atoms with Crippen molar-refractivity contribution in [1.29, 1.82) is 0 Å². The lowest BCUT2D eigenvalue weighted by Crippen LogP contribution is -2.48. The number of carboxylic acid groups (broad SMARTS) is 2. The van der Waals surface area contributed by atoms with E-state index in [0.29, 0.717) is 18.4 Å². The number of amides is 2. The molecule has 0 spiro atoms.